The first-order valence-corrected chi connectivity index (χ1v) is 9.40. The minimum atomic E-state index is -0.157. The Balaban J connectivity index is 1.42. The summed E-state index contributed by atoms with van der Waals surface area (Å²) in [6.45, 7) is 2.59. The number of nitrogens with one attached hydrogen (secondary N) is 1. The summed E-state index contributed by atoms with van der Waals surface area (Å²) < 4.78 is 9.39. The lowest BCUT2D eigenvalue weighted by atomic mass is 10.2. The fourth-order valence-corrected chi connectivity index (χ4v) is 3.65. The van der Waals surface area contributed by atoms with E-state index in [1.165, 1.54) is 0 Å². The Morgan fingerprint density at radius 2 is 2.00 bits per heavy atom. The van der Waals surface area contributed by atoms with Crippen molar-refractivity contribution in [3.63, 3.8) is 0 Å². The zero-order valence-corrected chi connectivity index (χ0v) is 16.3. The van der Waals surface area contributed by atoms with Gasteiger partial charge in [-0.25, -0.2) is 4.98 Å². The molecule has 1 N–H and O–H groups in total. The number of carbonyl (C=O) groups is 1. The summed E-state index contributed by atoms with van der Waals surface area (Å²) in [6, 6.07) is 15.8. The molecule has 4 aromatic rings. The Bertz CT molecular complexity index is 1140. The van der Waals surface area contributed by atoms with Gasteiger partial charge < -0.3 is 19.2 Å². The minimum absolute atomic E-state index is 0.00918. The van der Waals surface area contributed by atoms with Gasteiger partial charge in [0.05, 0.1) is 24.2 Å². The van der Waals surface area contributed by atoms with Gasteiger partial charge >= 0.3 is 0 Å². The third-order valence-electron chi connectivity index (χ3n) is 5.14. The predicted molar refractivity (Wildman–Crippen MR) is 110 cm³/mol. The van der Waals surface area contributed by atoms with Crippen LogP contribution in [0.5, 0.6) is 5.75 Å². The van der Waals surface area contributed by atoms with E-state index >= 15 is 0 Å². The number of methoxy groups -OCH3 is 1. The van der Waals surface area contributed by atoms with Crippen LogP contribution in [-0.2, 0) is 18.4 Å². The molecule has 6 nitrogen and oxygen atoms in total. The summed E-state index contributed by atoms with van der Waals surface area (Å²) in [4.78, 5) is 17.2. The number of benzene rings is 2. The number of aryl methyl sites for hydroxylation is 2. The summed E-state index contributed by atoms with van der Waals surface area (Å²) >= 11 is 0. The molecule has 0 aliphatic rings. The smallest absolute Gasteiger partial charge is 0.222 e. The molecule has 2 heterocycles. The van der Waals surface area contributed by atoms with E-state index in [1.54, 1.807) is 7.11 Å². The molecule has 28 heavy (non-hydrogen) atoms. The first kappa shape index (κ1) is 18.1. The molecule has 2 aromatic heterocycles. The van der Waals surface area contributed by atoms with Crippen molar-refractivity contribution >= 4 is 27.8 Å². The molecule has 0 radical (unpaired) electrons. The van der Waals surface area contributed by atoms with Crippen LogP contribution in [0.15, 0.2) is 54.7 Å². The first-order chi connectivity index (χ1) is 13.6. The number of imidazole rings is 1. The van der Waals surface area contributed by atoms with Crippen LogP contribution in [0.3, 0.4) is 0 Å². The highest BCUT2D eigenvalue weighted by Gasteiger charge is 2.16. The molecular formula is C22H24N4O2. The number of carbonyl (C=O) groups excluding carboxylic acids is 1. The van der Waals surface area contributed by atoms with Crippen molar-refractivity contribution in [1.82, 2.24) is 19.4 Å². The van der Waals surface area contributed by atoms with Crippen molar-refractivity contribution in [3.8, 4) is 5.75 Å². The van der Waals surface area contributed by atoms with E-state index in [1.807, 2.05) is 73.3 Å². The van der Waals surface area contributed by atoms with Gasteiger partial charge in [0, 0.05) is 37.1 Å². The molecule has 0 fully saturated rings. The molecule has 0 saturated carbocycles. The average molecular weight is 376 g/mol. The number of aromatic nitrogens is 3. The van der Waals surface area contributed by atoms with Gasteiger partial charge in [0.1, 0.15) is 11.6 Å². The van der Waals surface area contributed by atoms with Crippen LogP contribution >= 0.6 is 0 Å². The van der Waals surface area contributed by atoms with Crippen molar-refractivity contribution in [3.05, 3.63) is 60.6 Å². The molecule has 1 amide bonds. The second kappa shape index (κ2) is 7.38. The maximum absolute atomic E-state index is 12.5. The summed E-state index contributed by atoms with van der Waals surface area (Å²) in [7, 11) is 3.64. The molecule has 2 aromatic carbocycles. The predicted octanol–water partition coefficient (Wildman–Crippen LogP) is 3.80. The normalized spacial score (nSPS) is 12.4. The number of hydrogen-bond donors (Lipinski definition) is 1. The fourth-order valence-electron chi connectivity index (χ4n) is 3.65. The molecule has 0 aliphatic heterocycles. The summed E-state index contributed by atoms with van der Waals surface area (Å²) in [5, 5.41) is 4.18. The van der Waals surface area contributed by atoms with Crippen LogP contribution in [0.25, 0.3) is 21.9 Å². The first-order valence-electron chi connectivity index (χ1n) is 9.40. The molecular weight excluding hydrogens is 352 g/mol. The zero-order chi connectivity index (χ0) is 19.7. The van der Waals surface area contributed by atoms with Crippen LogP contribution < -0.4 is 10.1 Å². The summed E-state index contributed by atoms with van der Waals surface area (Å²) in [5.74, 6) is 1.70. The molecule has 6 heteroatoms. The van der Waals surface area contributed by atoms with Gasteiger partial charge in [-0.05, 0) is 43.3 Å². The van der Waals surface area contributed by atoms with Crippen molar-refractivity contribution in [2.45, 2.75) is 25.9 Å². The highest BCUT2D eigenvalue weighted by molar-refractivity contribution is 5.82. The Labute approximate surface area is 163 Å². The number of amides is 1. The standard InChI is InChI=1S/C22H24N4O2/c1-15(22-24-18-6-4-5-7-20(18)25(22)2)23-21(27)11-13-26-12-10-16-14-17(28-3)8-9-19(16)26/h4-10,12,14-15H,11,13H2,1-3H3,(H,23,27). The van der Waals surface area contributed by atoms with E-state index in [4.69, 9.17) is 4.74 Å². The Kier molecular flexibility index (Phi) is 4.77. The van der Waals surface area contributed by atoms with Gasteiger partial charge in [-0.2, -0.15) is 0 Å². The maximum Gasteiger partial charge on any atom is 0.222 e. The van der Waals surface area contributed by atoms with Crippen LogP contribution in [0.4, 0.5) is 0 Å². The molecule has 1 atom stereocenters. The van der Waals surface area contributed by atoms with Crippen molar-refractivity contribution in [2.75, 3.05) is 7.11 Å². The maximum atomic E-state index is 12.5. The highest BCUT2D eigenvalue weighted by atomic mass is 16.5. The summed E-state index contributed by atoms with van der Waals surface area (Å²) in [6.07, 6.45) is 2.41. The number of ether oxygens (including phenoxy) is 1. The molecule has 0 bridgehead atoms. The molecule has 0 aliphatic carbocycles. The van der Waals surface area contributed by atoms with E-state index < -0.39 is 0 Å². The van der Waals surface area contributed by atoms with E-state index in [0.717, 1.165) is 33.5 Å². The number of para-hydroxylation sites is 2. The van der Waals surface area contributed by atoms with E-state index in [2.05, 4.69) is 14.9 Å². The number of nitrogens with zero attached hydrogens (tertiary/aromatic N) is 3. The Morgan fingerprint density at radius 1 is 1.18 bits per heavy atom. The van der Waals surface area contributed by atoms with Crippen molar-refractivity contribution in [1.29, 1.82) is 0 Å². The third-order valence-corrected chi connectivity index (χ3v) is 5.14. The number of rotatable bonds is 6. The van der Waals surface area contributed by atoms with Gasteiger partial charge in [0.25, 0.3) is 0 Å². The lowest BCUT2D eigenvalue weighted by Crippen LogP contribution is -2.29. The average Bonchev–Trinajstić information content (AvgIpc) is 3.27. The monoisotopic (exact) mass is 376 g/mol. The minimum Gasteiger partial charge on any atom is -0.497 e. The lowest BCUT2D eigenvalue weighted by molar-refractivity contribution is -0.122. The molecule has 0 saturated heterocycles. The Hall–Kier alpha value is -3.28. The van der Waals surface area contributed by atoms with Gasteiger partial charge in [-0.15, -0.1) is 0 Å². The lowest BCUT2D eigenvalue weighted by Gasteiger charge is -2.14. The largest absolute Gasteiger partial charge is 0.497 e. The third kappa shape index (κ3) is 3.33. The second-order valence-electron chi connectivity index (χ2n) is 6.99. The van der Waals surface area contributed by atoms with Gasteiger partial charge in [-0.3, -0.25) is 4.79 Å². The molecule has 1 unspecified atom stereocenters. The van der Waals surface area contributed by atoms with Crippen LogP contribution in [0.2, 0.25) is 0 Å². The molecule has 0 spiro atoms. The SMILES string of the molecule is COc1ccc2c(ccn2CCC(=O)NC(C)c2nc3ccccc3n2C)c1. The summed E-state index contributed by atoms with van der Waals surface area (Å²) in [5.41, 5.74) is 3.10. The zero-order valence-electron chi connectivity index (χ0n) is 16.3. The topological polar surface area (TPSA) is 61.1 Å². The van der Waals surface area contributed by atoms with Crippen molar-refractivity contribution < 1.29 is 9.53 Å². The number of fused-ring (bicyclic) bond motifs is 2. The van der Waals surface area contributed by atoms with E-state index in [-0.39, 0.29) is 11.9 Å². The van der Waals surface area contributed by atoms with Crippen LogP contribution in [0, 0.1) is 0 Å². The highest BCUT2D eigenvalue weighted by Crippen LogP contribution is 2.22. The van der Waals surface area contributed by atoms with Crippen LogP contribution in [-0.4, -0.2) is 27.1 Å². The van der Waals surface area contributed by atoms with E-state index in [9.17, 15) is 4.79 Å². The fraction of sp³-hybridized carbons (Fsp3) is 0.273. The van der Waals surface area contributed by atoms with Gasteiger partial charge in [0.2, 0.25) is 5.91 Å². The second-order valence-corrected chi connectivity index (χ2v) is 6.99. The van der Waals surface area contributed by atoms with Gasteiger partial charge in [0.15, 0.2) is 0 Å². The number of hydrogen-bond acceptors (Lipinski definition) is 3. The van der Waals surface area contributed by atoms with E-state index in [0.29, 0.717) is 13.0 Å². The molecule has 4 rings (SSSR count). The van der Waals surface area contributed by atoms with Crippen molar-refractivity contribution in [2.24, 2.45) is 7.05 Å². The Morgan fingerprint density at radius 3 is 2.79 bits per heavy atom. The van der Waals surface area contributed by atoms with Gasteiger partial charge in [-0.1, -0.05) is 12.1 Å². The molecule has 144 valence electrons. The quantitative estimate of drug-likeness (QED) is 0.557. The van der Waals surface area contributed by atoms with Crippen LogP contribution in [0.1, 0.15) is 25.2 Å².